The topological polar surface area (TPSA) is 34.9 Å². The fraction of sp³-hybridized carbons (Fsp3) is 0.375. The number of hydrogen-bond acceptors (Lipinski definition) is 2. The summed E-state index contributed by atoms with van der Waals surface area (Å²) in [5, 5.41) is 4.13. The first kappa shape index (κ1) is 12.2. The van der Waals surface area contributed by atoms with Gasteiger partial charge in [-0.2, -0.15) is 5.10 Å². The largest absolute Gasteiger partial charge is 0.298 e. The smallest absolute Gasteiger partial charge is 0.147 e. The molecule has 3 rings (SSSR count). The van der Waals surface area contributed by atoms with Crippen LogP contribution < -0.4 is 0 Å². The van der Waals surface area contributed by atoms with Crippen molar-refractivity contribution in [3.8, 4) is 0 Å². The van der Waals surface area contributed by atoms with E-state index in [-0.39, 0.29) is 5.41 Å². The van der Waals surface area contributed by atoms with E-state index in [0.29, 0.717) is 12.2 Å². The molecular weight excluding hydrogens is 236 g/mol. The zero-order chi connectivity index (χ0) is 13.3. The maximum Gasteiger partial charge on any atom is 0.147 e. The molecular formula is C16H18N2O. The van der Waals surface area contributed by atoms with Crippen molar-refractivity contribution in [1.82, 2.24) is 9.78 Å². The quantitative estimate of drug-likeness (QED) is 0.840. The van der Waals surface area contributed by atoms with Gasteiger partial charge in [-0.05, 0) is 24.0 Å². The maximum absolute atomic E-state index is 12.7. The summed E-state index contributed by atoms with van der Waals surface area (Å²) in [4.78, 5) is 12.7. The Labute approximate surface area is 113 Å². The summed E-state index contributed by atoms with van der Waals surface area (Å²) in [7, 11) is 1.88. The molecule has 0 radical (unpaired) electrons. The Morgan fingerprint density at radius 3 is 2.58 bits per heavy atom. The normalized spacial score (nSPS) is 16.9. The molecule has 0 aliphatic heterocycles. The van der Waals surface area contributed by atoms with Crippen molar-refractivity contribution in [1.29, 1.82) is 0 Å². The molecule has 1 heterocycles. The summed E-state index contributed by atoms with van der Waals surface area (Å²) in [6.07, 6.45) is 7.31. The summed E-state index contributed by atoms with van der Waals surface area (Å²) >= 11 is 0. The molecule has 1 aromatic carbocycles. The second kappa shape index (κ2) is 4.65. The Balaban J connectivity index is 1.84. The molecule has 0 bridgehead atoms. The van der Waals surface area contributed by atoms with Gasteiger partial charge in [-0.3, -0.25) is 9.48 Å². The van der Waals surface area contributed by atoms with Crippen molar-refractivity contribution in [2.45, 2.75) is 31.1 Å². The van der Waals surface area contributed by atoms with Crippen molar-refractivity contribution in [3.05, 3.63) is 53.9 Å². The molecule has 1 saturated carbocycles. The zero-order valence-electron chi connectivity index (χ0n) is 11.2. The predicted molar refractivity (Wildman–Crippen MR) is 73.9 cm³/mol. The summed E-state index contributed by atoms with van der Waals surface area (Å²) in [5.74, 6) is 0.331. The number of benzene rings is 1. The Kier molecular flexibility index (Phi) is 2.97. The van der Waals surface area contributed by atoms with Crippen LogP contribution in [0.2, 0.25) is 0 Å². The molecule has 1 aliphatic rings. The lowest BCUT2D eigenvalue weighted by atomic mass is 9.61. The number of ketones is 1. The number of hydrogen-bond donors (Lipinski definition) is 0. The average molecular weight is 254 g/mol. The first-order chi connectivity index (χ1) is 9.21. The minimum atomic E-state index is -0.239. The lowest BCUT2D eigenvalue weighted by Crippen LogP contribution is -2.43. The number of nitrogens with zero attached hydrogens (tertiary/aromatic N) is 2. The van der Waals surface area contributed by atoms with Gasteiger partial charge in [-0.25, -0.2) is 0 Å². The highest BCUT2D eigenvalue weighted by molar-refractivity contribution is 5.92. The molecule has 0 spiro atoms. The van der Waals surface area contributed by atoms with Crippen LogP contribution in [0.5, 0.6) is 0 Å². The number of aromatic nitrogens is 2. The van der Waals surface area contributed by atoms with E-state index in [1.165, 1.54) is 5.56 Å². The van der Waals surface area contributed by atoms with E-state index in [1.807, 2.05) is 31.4 Å². The highest BCUT2D eigenvalue weighted by Gasteiger charge is 2.44. The van der Waals surface area contributed by atoms with Crippen molar-refractivity contribution in [2.75, 3.05) is 0 Å². The minimum absolute atomic E-state index is 0.239. The summed E-state index contributed by atoms with van der Waals surface area (Å²) in [5.41, 5.74) is 1.95. The molecule has 0 saturated heterocycles. The molecule has 0 atom stereocenters. The van der Waals surface area contributed by atoms with Crippen molar-refractivity contribution in [3.63, 3.8) is 0 Å². The van der Waals surface area contributed by atoms with Crippen LogP contribution in [0.3, 0.4) is 0 Å². The van der Waals surface area contributed by atoms with E-state index in [9.17, 15) is 4.79 Å². The molecule has 1 aromatic heterocycles. The fourth-order valence-electron chi connectivity index (χ4n) is 2.93. The number of carbonyl (C=O) groups excluding carboxylic acids is 1. The van der Waals surface area contributed by atoms with E-state index in [0.717, 1.165) is 24.8 Å². The Bertz CT molecular complexity index is 582. The molecule has 0 amide bonds. The molecule has 2 aromatic rings. The summed E-state index contributed by atoms with van der Waals surface area (Å²) in [6.45, 7) is 0. The van der Waals surface area contributed by atoms with Crippen LogP contribution in [-0.2, 0) is 23.7 Å². The third-order valence-corrected chi connectivity index (χ3v) is 4.19. The molecule has 19 heavy (non-hydrogen) atoms. The van der Waals surface area contributed by atoms with Gasteiger partial charge in [0, 0.05) is 19.7 Å². The number of aryl methyl sites for hydroxylation is 1. The van der Waals surface area contributed by atoms with Crippen molar-refractivity contribution in [2.24, 2.45) is 7.05 Å². The van der Waals surface area contributed by atoms with E-state index >= 15 is 0 Å². The van der Waals surface area contributed by atoms with Gasteiger partial charge in [-0.1, -0.05) is 36.8 Å². The van der Waals surface area contributed by atoms with Gasteiger partial charge in [0.25, 0.3) is 0 Å². The van der Waals surface area contributed by atoms with Crippen LogP contribution in [0, 0.1) is 0 Å². The standard InChI is InChI=1S/C16H18N2O/c1-18-12-13(11-17-18)10-15(19)16(8-5-9-16)14-6-3-2-4-7-14/h2-4,6-7,11-12H,5,8-10H2,1H3. The highest BCUT2D eigenvalue weighted by atomic mass is 16.1. The summed E-state index contributed by atoms with van der Waals surface area (Å²) in [6, 6.07) is 10.2. The van der Waals surface area contributed by atoms with Gasteiger partial charge in [0.15, 0.2) is 0 Å². The van der Waals surface area contributed by atoms with Gasteiger partial charge in [0.1, 0.15) is 5.78 Å². The lowest BCUT2D eigenvalue weighted by Gasteiger charge is -2.41. The van der Waals surface area contributed by atoms with E-state index < -0.39 is 0 Å². The first-order valence-corrected chi connectivity index (χ1v) is 6.77. The van der Waals surface area contributed by atoms with Crippen LogP contribution in [0.25, 0.3) is 0 Å². The molecule has 0 N–H and O–H groups in total. The Hall–Kier alpha value is -1.90. The fourth-order valence-corrected chi connectivity index (χ4v) is 2.93. The van der Waals surface area contributed by atoms with Gasteiger partial charge in [0.2, 0.25) is 0 Å². The molecule has 3 nitrogen and oxygen atoms in total. The third kappa shape index (κ3) is 2.09. The van der Waals surface area contributed by atoms with Crippen molar-refractivity contribution >= 4 is 5.78 Å². The lowest BCUT2D eigenvalue weighted by molar-refractivity contribution is -0.127. The molecule has 1 aliphatic carbocycles. The van der Waals surface area contributed by atoms with Gasteiger partial charge < -0.3 is 0 Å². The Morgan fingerprint density at radius 2 is 2.05 bits per heavy atom. The molecule has 1 fully saturated rings. The van der Waals surface area contributed by atoms with Crippen LogP contribution in [0.1, 0.15) is 30.4 Å². The molecule has 0 unspecified atom stereocenters. The Morgan fingerprint density at radius 1 is 1.32 bits per heavy atom. The number of carbonyl (C=O) groups is 1. The minimum Gasteiger partial charge on any atom is -0.298 e. The van der Waals surface area contributed by atoms with E-state index in [1.54, 1.807) is 10.9 Å². The van der Waals surface area contributed by atoms with Crippen molar-refractivity contribution < 1.29 is 4.79 Å². The monoisotopic (exact) mass is 254 g/mol. The highest BCUT2D eigenvalue weighted by Crippen LogP contribution is 2.45. The molecule has 98 valence electrons. The molecule has 3 heteroatoms. The van der Waals surface area contributed by atoms with E-state index in [4.69, 9.17) is 0 Å². The second-order valence-electron chi connectivity index (χ2n) is 5.42. The maximum atomic E-state index is 12.7. The predicted octanol–water partition coefficient (Wildman–Crippen LogP) is 2.65. The number of Topliss-reactive ketones (excluding diaryl/α,β-unsaturated/α-hetero) is 1. The van der Waals surface area contributed by atoms with Crippen LogP contribution in [0.4, 0.5) is 0 Å². The van der Waals surface area contributed by atoms with Gasteiger partial charge in [0.05, 0.1) is 11.6 Å². The van der Waals surface area contributed by atoms with E-state index in [2.05, 4.69) is 17.2 Å². The summed E-state index contributed by atoms with van der Waals surface area (Å²) < 4.78 is 1.75. The van der Waals surface area contributed by atoms with Gasteiger partial charge in [-0.15, -0.1) is 0 Å². The number of rotatable bonds is 4. The first-order valence-electron chi connectivity index (χ1n) is 6.77. The van der Waals surface area contributed by atoms with Crippen LogP contribution in [-0.4, -0.2) is 15.6 Å². The van der Waals surface area contributed by atoms with Crippen LogP contribution in [0.15, 0.2) is 42.7 Å². The van der Waals surface area contributed by atoms with Crippen LogP contribution >= 0.6 is 0 Å². The SMILES string of the molecule is Cn1cc(CC(=O)C2(c3ccccc3)CCC2)cn1. The average Bonchev–Trinajstić information content (AvgIpc) is 2.75. The zero-order valence-corrected chi connectivity index (χ0v) is 11.2. The van der Waals surface area contributed by atoms with Gasteiger partial charge >= 0.3 is 0 Å². The third-order valence-electron chi connectivity index (χ3n) is 4.19. The second-order valence-corrected chi connectivity index (χ2v) is 5.42.